The zero-order valence-corrected chi connectivity index (χ0v) is 15.1. The molecule has 0 radical (unpaired) electrons. The molecule has 2 aliphatic rings. The number of rotatable bonds is 6. The lowest BCUT2D eigenvalue weighted by atomic mass is 10.0. The van der Waals surface area contributed by atoms with Gasteiger partial charge in [0.25, 0.3) is 5.89 Å². The van der Waals surface area contributed by atoms with E-state index >= 15 is 0 Å². The summed E-state index contributed by atoms with van der Waals surface area (Å²) in [5, 5.41) is 8.12. The fourth-order valence-electron chi connectivity index (χ4n) is 3.95. The van der Waals surface area contributed by atoms with E-state index in [1.54, 1.807) is 18.4 Å². The van der Waals surface area contributed by atoms with Crippen molar-refractivity contribution in [1.29, 1.82) is 0 Å². The summed E-state index contributed by atoms with van der Waals surface area (Å²) >= 11 is 0. The third-order valence-corrected chi connectivity index (χ3v) is 5.52. The minimum Gasteiger partial charge on any atom is -0.459 e. The van der Waals surface area contributed by atoms with Crippen LogP contribution in [0.3, 0.4) is 0 Å². The first kappa shape index (κ1) is 17.3. The molecule has 26 heavy (non-hydrogen) atoms. The van der Waals surface area contributed by atoms with Gasteiger partial charge in [-0.15, -0.1) is 10.2 Å². The summed E-state index contributed by atoms with van der Waals surface area (Å²) < 4.78 is 10.9. The van der Waals surface area contributed by atoms with E-state index in [-0.39, 0.29) is 0 Å². The maximum atomic E-state index is 12.4. The van der Waals surface area contributed by atoms with Crippen LogP contribution in [0.1, 0.15) is 44.4 Å². The van der Waals surface area contributed by atoms with Crippen molar-refractivity contribution in [3.63, 3.8) is 0 Å². The Labute approximate surface area is 153 Å². The summed E-state index contributed by atoms with van der Waals surface area (Å²) in [5.74, 6) is 2.67. The highest BCUT2D eigenvalue weighted by atomic mass is 16.4. The maximum absolute atomic E-state index is 12.4. The quantitative estimate of drug-likeness (QED) is 0.790. The summed E-state index contributed by atoms with van der Waals surface area (Å²) in [6.45, 7) is 3.85. The number of nitrogens with zero attached hydrogens (tertiary/aromatic N) is 4. The molecule has 7 heteroatoms. The summed E-state index contributed by atoms with van der Waals surface area (Å²) in [5.41, 5.74) is 0. The molecule has 0 bridgehead atoms. The minimum absolute atomic E-state index is 0.314. The lowest BCUT2D eigenvalue weighted by molar-refractivity contribution is -0.133. The standard InChI is InChI=1S/C19H26N4O3/c24-18(8-7-15-4-1-2-5-15)23-11-9-22(10-12-23)14-17-20-21-19(26-17)16-6-3-13-25-16/h3,6,13,15H,1-2,4-5,7-12,14H2. The molecule has 140 valence electrons. The third-order valence-electron chi connectivity index (χ3n) is 5.52. The fraction of sp³-hybridized carbons (Fsp3) is 0.632. The average Bonchev–Trinajstić information content (AvgIpc) is 3.41. The van der Waals surface area contributed by atoms with Crippen LogP contribution >= 0.6 is 0 Å². The van der Waals surface area contributed by atoms with Gasteiger partial charge in [0.05, 0.1) is 12.8 Å². The highest BCUT2D eigenvalue weighted by Gasteiger charge is 2.24. The minimum atomic E-state index is 0.314. The van der Waals surface area contributed by atoms with Gasteiger partial charge in [0, 0.05) is 32.6 Å². The Bertz CT molecular complexity index is 698. The van der Waals surface area contributed by atoms with Crippen molar-refractivity contribution in [2.24, 2.45) is 5.92 Å². The lowest BCUT2D eigenvalue weighted by Crippen LogP contribution is -2.48. The number of piperazine rings is 1. The van der Waals surface area contributed by atoms with Gasteiger partial charge in [0.15, 0.2) is 5.76 Å². The second-order valence-corrected chi connectivity index (χ2v) is 7.32. The molecule has 2 aromatic heterocycles. The lowest BCUT2D eigenvalue weighted by Gasteiger charge is -2.34. The van der Waals surface area contributed by atoms with Crippen LogP contribution in [-0.2, 0) is 11.3 Å². The first-order chi connectivity index (χ1) is 12.8. The highest BCUT2D eigenvalue weighted by Crippen LogP contribution is 2.28. The van der Waals surface area contributed by atoms with Crippen molar-refractivity contribution in [3.8, 4) is 11.7 Å². The molecule has 0 atom stereocenters. The van der Waals surface area contributed by atoms with E-state index in [1.165, 1.54) is 25.7 Å². The molecule has 0 N–H and O–H groups in total. The Hall–Kier alpha value is -2.15. The first-order valence-corrected chi connectivity index (χ1v) is 9.64. The van der Waals surface area contributed by atoms with Gasteiger partial charge in [-0.05, 0) is 24.5 Å². The molecular weight excluding hydrogens is 332 g/mol. The number of amides is 1. The van der Waals surface area contributed by atoms with Crippen LogP contribution in [0.4, 0.5) is 0 Å². The van der Waals surface area contributed by atoms with Gasteiger partial charge in [0.1, 0.15) is 0 Å². The van der Waals surface area contributed by atoms with Crippen molar-refractivity contribution in [1.82, 2.24) is 20.0 Å². The Kier molecular flexibility index (Phi) is 5.34. The van der Waals surface area contributed by atoms with Crippen molar-refractivity contribution >= 4 is 5.91 Å². The SMILES string of the molecule is O=C(CCC1CCCC1)N1CCN(Cc2nnc(-c3ccco3)o2)CC1. The summed E-state index contributed by atoms with van der Waals surface area (Å²) in [6, 6.07) is 3.59. The number of hydrogen-bond acceptors (Lipinski definition) is 6. The number of furan rings is 1. The van der Waals surface area contributed by atoms with Crippen molar-refractivity contribution in [2.75, 3.05) is 26.2 Å². The molecule has 1 amide bonds. The van der Waals surface area contributed by atoms with E-state index in [4.69, 9.17) is 8.83 Å². The monoisotopic (exact) mass is 358 g/mol. The van der Waals surface area contributed by atoms with Crippen LogP contribution in [0.2, 0.25) is 0 Å². The van der Waals surface area contributed by atoms with E-state index in [0.29, 0.717) is 36.4 Å². The summed E-state index contributed by atoms with van der Waals surface area (Å²) in [7, 11) is 0. The van der Waals surface area contributed by atoms with Gasteiger partial charge in [0.2, 0.25) is 11.8 Å². The van der Waals surface area contributed by atoms with E-state index in [1.807, 2.05) is 4.90 Å². The zero-order chi connectivity index (χ0) is 17.8. The smallest absolute Gasteiger partial charge is 0.283 e. The molecule has 0 unspecified atom stereocenters. The average molecular weight is 358 g/mol. The molecule has 0 aromatic carbocycles. The van der Waals surface area contributed by atoms with Crippen molar-refractivity contribution < 1.29 is 13.6 Å². The number of aromatic nitrogens is 2. The normalized spacial score (nSPS) is 19.3. The number of carbonyl (C=O) groups is 1. The molecule has 2 aromatic rings. The van der Waals surface area contributed by atoms with Gasteiger partial charge in [-0.1, -0.05) is 25.7 Å². The predicted octanol–water partition coefficient (Wildman–Crippen LogP) is 2.94. The fourth-order valence-corrected chi connectivity index (χ4v) is 3.95. The molecular formula is C19H26N4O3. The molecule has 0 spiro atoms. The summed E-state index contributed by atoms with van der Waals surface area (Å²) in [6.07, 6.45) is 8.67. The van der Waals surface area contributed by atoms with Crippen LogP contribution in [-0.4, -0.2) is 52.1 Å². The number of carbonyl (C=O) groups excluding carboxylic acids is 1. The topological polar surface area (TPSA) is 75.6 Å². The molecule has 7 nitrogen and oxygen atoms in total. The van der Waals surface area contributed by atoms with Gasteiger partial charge >= 0.3 is 0 Å². The molecule has 4 rings (SSSR count). The van der Waals surface area contributed by atoms with Crippen LogP contribution in [0.25, 0.3) is 11.7 Å². The molecule has 1 aliphatic carbocycles. The molecule has 1 saturated heterocycles. The second kappa shape index (κ2) is 8.03. The molecule has 1 aliphatic heterocycles. The molecule has 3 heterocycles. The van der Waals surface area contributed by atoms with Crippen molar-refractivity contribution in [2.45, 2.75) is 45.1 Å². The van der Waals surface area contributed by atoms with Gasteiger partial charge in [-0.3, -0.25) is 9.69 Å². The predicted molar refractivity (Wildman–Crippen MR) is 95.0 cm³/mol. The van der Waals surface area contributed by atoms with Crippen LogP contribution in [0.5, 0.6) is 0 Å². The second-order valence-electron chi connectivity index (χ2n) is 7.32. The maximum Gasteiger partial charge on any atom is 0.283 e. The largest absolute Gasteiger partial charge is 0.459 e. The van der Waals surface area contributed by atoms with Crippen LogP contribution in [0.15, 0.2) is 27.2 Å². The van der Waals surface area contributed by atoms with Crippen molar-refractivity contribution in [3.05, 3.63) is 24.3 Å². The molecule has 2 fully saturated rings. The first-order valence-electron chi connectivity index (χ1n) is 9.64. The van der Waals surface area contributed by atoms with E-state index in [2.05, 4.69) is 15.1 Å². The number of hydrogen-bond donors (Lipinski definition) is 0. The Morgan fingerprint density at radius 3 is 2.69 bits per heavy atom. The van der Waals surface area contributed by atoms with Crippen LogP contribution < -0.4 is 0 Å². The highest BCUT2D eigenvalue weighted by molar-refractivity contribution is 5.76. The summed E-state index contributed by atoms with van der Waals surface area (Å²) in [4.78, 5) is 16.7. The van der Waals surface area contributed by atoms with Gasteiger partial charge in [-0.2, -0.15) is 0 Å². The van der Waals surface area contributed by atoms with Gasteiger partial charge < -0.3 is 13.7 Å². The van der Waals surface area contributed by atoms with E-state index in [9.17, 15) is 4.79 Å². The molecule has 1 saturated carbocycles. The van der Waals surface area contributed by atoms with E-state index < -0.39 is 0 Å². The van der Waals surface area contributed by atoms with Crippen LogP contribution in [0, 0.1) is 5.92 Å². The zero-order valence-electron chi connectivity index (χ0n) is 15.1. The third kappa shape index (κ3) is 4.15. The van der Waals surface area contributed by atoms with E-state index in [0.717, 1.165) is 38.5 Å². The van der Waals surface area contributed by atoms with Gasteiger partial charge in [-0.25, -0.2) is 0 Å². The Morgan fingerprint density at radius 2 is 1.96 bits per heavy atom. The Balaban J connectivity index is 1.21. The Morgan fingerprint density at radius 1 is 1.15 bits per heavy atom.